The van der Waals surface area contributed by atoms with E-state index in [4.69, 9.17) is 15.0 Å². The molecular formula is C46H27N5. The van der Waals surface area contributed by atoms with Crippen LogP contribution in [0.3, 0.4) is 0 Å². The van der Waals surface area contributed by atoms with Gasteiger partial charge < -0.3 is 0 Å². The van der Waals surface area contributed by atoms with Gasteiger partial charge in [0.1, 0.15) is 11.3 Å². The van der Waals surface area contributed by atoms with Crippen LogP contribution in [0.4, 0.5) is 0 Å². The number of hydrogen-bond donors (Lipinski definition) is 0. The third-order valence-corrected chi connectivity index (χ3v) is 10.2. The van der Waals surface area contributed by atoms with Crippen molar-refractivity contribution in [2.24, 2.45) is 0 Å². The second-order valence-electron chi connectivity index (χ2n) is 13.1. The molecule has 0 aliphatic rings. The molecule has 5 nitrogen and oxygen atoms in total. The highest BCUT2D eigenvalue weighted by atomic mass is 15.0. The average Bonchev–Trinajstić information content (AvgIpc) is 3.60. The van der Waals surface area contributed by atoms with Gasteiger partial charge in [-0.1, -0.05) is 109 Å². The van der Waals surface area contributed by atoms with Gasteiger partial charge in [-0.3, -0.25) is 9.38 Å². The summed E-state index contributed by atoms with van der Waals surface area (Å²) in [6.45, 7) is 0. The van der Waals surface area contributed by atoms with Gasteiger partial charge in [-0.2, -0.15) is 0 Å². The molecule has 0 aliphatic carbocycles. The summed E-state index contributed by atoms with van der Waals surface area (Å²) < 4.78 is 2.22. The molecule has 0 saturated carbocycles. The first-order valence-corrected chi connectivity index (χ1v) is 17.1. The molecule has 4 heterocycles. The van der Waals surface area contributed by atoms with Crippen LogP contribution in [0.1, 0.15) is 0 Å². The van der Waals surface area contributed by atoms with Gasteiger partial charge >= 0.3 is 0 Å². The maximum Gasteiger partial charge on any atom is 0.137 e. The van der Waals surface area contributed by atoms with Crippen molar-refractivity contribution >= 4 is 70.8 Å². The lowest BCUT2D eigenvalue weighted by molar-refractivity contribution is 1.23. The molecule has 0 fully saturated rings. The molecule has 0 atom stereocenters. The first kappa shape index (κ1) is 27.9. The van der Waals surface area contributed by atoms with Crippen LogP contribution in [0.15, 0.2) is 164 Å². The third kappa shape index (κ3) is 4.22. The smallest absolute Gasteiger partial charge is 0.137 e. The first-order chi connectivity index (χ1) is 25.3. The van der Waals surface area contributed by atoms with Crippen molar-refractivity contribution in [1.29, 1.82) is 0 Å². The average molecular weight is 650 g/mol. The monoisotopic (exact) mass is 649 g/mol. The Bertz CT molecular complexity index is 3190. The van der Waals surface area contributed by atoms with Gasteiger partial charge in [-0.25, -0.2) is 15.0 Å². The highest BCUT2D eigenvalue weighted by molar-refractivity contribution is 6.31. The Balaban J connectivity index is 1.14. The lowest BCUT2D eigenvalue weighted by atomic mass is 9.92. The molecule has 0 saturated heterocycles. The Hall–Kier alpha value is -6.98. The summed E-state index contributed by atoms with van der Waals surface area (Å²) >= 11 is 0. The van der Waals surface area contributed by atoms with E-state index in [0.717, 1.165) is 72.3 Å². The SMILES string of the molecule is c1ccc(-c2nc3c(ccc4cc(-c5ccc6c(c5)c5c7ccccc7ccc5c5nc7ccccn7c65)ccc43)nc2-c2ccccn2)cc1. The van der Waals surface area contributed by atoms with Crippen molar-refractivity contribution in [3.05, 3.63) is 164 Å². The standard InChI is InChI=1S/C46H27N5/c1-2-11-29(12-3-1)42-45(38-14-6-8-24-47-38)48-39-23-19-32-26-30(17-20-34(32)43(39)50-42)31-18-21-35-37(27-31)41-33-13-5-4-10-28(33)16-22-36(41)44-46(35)51-25-9-7-15-40(51)49-44/h1-27H. The van der Waals surface area contributed by atoms with Gasteiger partial charge in [0.2, 0.25) is 0 Å². The van der Waals surface area contributed by atoms with Crippen molar-refractivity contribution in [2.45, 2.75) is 0 Å². The fourth-order valence-electron chi connectivity index (χ4n) is 7.84. The van der Waals surface area contributed by atoms with Crippen molar-refractivity contribution in [1.82, 2.24) is 24.3 Å². The zero-order valence-electron chi connectivity index (χ0n) is 27.3. The highest BCUT2D eigenvalue weighted by Crippen LogP contribution is 2.41. The summed E-state index contributed by atoms with van der Waals surface area (Å²) in [5.41, 5.74) is 10.6. The molecule has 51 heavy (non-hydrogen) atoms. The van der Waals surface area contributed by atoms with E-state index in [2.05, 4.69) is 131 Å². The van der Waals surface area contributed by atoms with E-state index in [9.17, 15) is 0 Å². The quantitative estimate of drug-likeness (QED) is 0.179. The van der Waals surface area contributed by atoms with E-state index < -0.39 is 0 Å². The normalized spacial score (nSPS) is 11.9. The van der Waals surface area contributed by atoms with E-state index in [1.165, 1.54) is 32.3 Å². The maximum absolute atomic E-state index is 5.29. The van der Waals surface area contributed by atoms with E-state index in [1.807, 2.05) is 36.4 Å². The minimum Gasteiger partial charge on any atom is -0.299 e. The molecule has 7 aromatic carbocycles. The Morgan fingerprint density at radius 3 is 2.12 bits per heavy atom. The molecule has 4 aromatic heterocycles. The Kier molecular flexibility index (Phi) is 5.89. The number of benzene rings is 7. The van der Waals surface area contributed by atoms with Crippen LogP contribution in [0.5, 0.6) is 0 Å². The topological polar surface area (TPSA) is 56.0 Å². The van der Waals surface area contributed by atoms with Crippen LogP contribution < -0.4 is 0 Å². The van der Waals surface area contributed by atoms with Gasteiger partial charge in [0, 0.05) is 34.1 Å². The first-order valence-electron chi connectivity index (χ1n) is 17.1. The lowest BCUT2D eigenvalue weighted by Gasteiger charge is -2.13. The molecule has 5 heteroatoms. The summed E-state index contributed by atoms with van der Waals surface area (Å²) in [7, 11) is 0. The van der Waals surface area contributed by atoms with E-state index in [0.29, 0.717) is 0 Å². The lowest BCUT2D eigenvalue weighted by Crippen LogP contribution is -1.97. The van der Waals surface area contributed by atoms with Crippen molar-refractivity contribution in [3.8, 4) is 33.8 Å². The Morgan fingerprint density at radius 1 is 0.431 bits per heavy atom. The zero-order chi connectivity index (χ0) is 33.5. The van der Waals surface area contributed by atoms with Gasteiger partial charge in [-0.15, -0.1) is 0 Å². The molecule has 236 valence electrons. The number of pyridine rings is 2. The number of nitrogens with zero attached hydrogens (tertiary/aromatic N) is 5. The van der Waals surface area contributed by atoms with Crippen molar-refractivity contribution in [2.75, 3.05) is 0 Å². The Morgan fingerprint density at radius 2 is 1.22 bits per heavy atom. The van der Waals surface area contributed by atoms with Gasteiger partial charge in [0.05, 0.1) is 33.5 Å². The van der Waals surface area contributed by atoms with Crippen LogP contribution in [-0.2, 0) is 0 Å². The molecule has 11 aromatic rings. The van der Waals surface area contributed by atoms with Crippen LogP contribution >= 0.6 is 0 Å². The van der Waals surface area contributed by atoms with Gasteiger partial charge in [-0.05, 0) is 80.5 Å². The second kappa shape index (κ2) is 10.8. The van der Waals surface area contributed by atoms with Crippen molar-refractivity contribution < 1.29 is 0 Å². The highest BCUT2D eigenvalue weighted by Gasteiger charge is 2.18. The third-order valence-electron chi connectivity index (χ3n) is 10.2. The molecule has 0 spiro atoms. The van der Waals surface area contributed by atoms with Crippen LogP contribution in [0.2, 0.25) is 0 Å². The summed E-state index contributed by atoms with van der Waals surface area (Å²) in [6.07, 6.45) is 3.92. The maximum atomic E-state index is 5.29. The molecule has 0 radical (unpaired) electrons. The summed E-state index contributed by atoms with van der Waals surface area (Å²) in [5, 5.41) is 9.45. The van der Waals surface area contributed by atoms with E-state index in [-0.39, 0.29) is 0 Å². The van der Waals surface area contributed by atoms with Crippen LogP contribution in [0, 0.1) is 0 Å². The number of hydrogen-bond acceptors (Lipinski definition) is 4. The molecule has 0 N–H and O–H groups in total. The van der Waals surface area contributed by atoms with Crippen LogP contribution in [-0.4, -0.2) is 24.3 Å². The zero-order valence-corrected chi connectivity index (χ0v) is 27.3. The van der Waals surface area contributed by atoms with Crippen LogP contribution in [0.25, 0.3) is 105 Å². The summed E-state index contributed by atoms with van der Waals surface area (Å²) in [5.74, 6) is 0. The number of imidazole rings is 1. The second-order valence-corrected chi connectivity index (χ2v) is 13.1. The van der Waals surface area contributed by atoms with E-state index in [1.54, 1.807) is 6.20 Å². The minimum atomic E-state index is 0.779. The number of fused-ring (bicyclic) bond motifs is 13. The Labute approximate surface area is 292 Å². The molecule has 11 rings (SSSR count). The predicted octanol–water partition coefficient (Wildman–Crippen LogP) is 11.4. The number of aromatic nitrogens is 5. The summed E-state index contributed by atoms with van der Waals surface area (Å²) in [6, 6.07) is 53.3. The molecule has 0 aliphatic heterocycles. The summed E-state index contributed by atoms with van der Waals surface area (Å²) in [4.78, 5) is 20.2. The number of rotatable bonds is 3. The van der Waals surface area contributed by atoms with Crippen molar-refractivity contribution in [3.63, 3.8) is 0 Å². The predicted molar refractivity (Wildman–Crippen MR) is 210 cm³/mol. The fourth-order valence-corrected chi connectivity index (χ4v) is 7.84. The molecule has 0 bridgehead atoms. The van der Waals surface area contributed by atoms with E-state index >= 15 is 0 Å². The fraction of sp³-hybridized carbons (Fsp3) is 0. The molecule has 0 unspecified atom stereocenters. The minimum absolute atomic E-state index is 0.779. The van der Waals surface area contributed by atoms with Gasteiger partial charge in [0.15, 0.2) is 0 Å². The molecular weight excluding hydrogens is 623 g/mol. The largest absolute Gasteiger partial charge is 0.299 e. The molecule has 0 amide bonds. The van der Waals surface area contributed by atoms with Gasteiger partial charge in [0.25, 0.3) is 0 Å².